The molecule has 8 heteroatoms. The fourth-order valence-corrected chi connectivity index (χ4v) is 2.76. The number of aromatic amines is 1. The first kappa shape index (κ1) is 18.0. The molecule has 0 aliphatic heterocycles. The number of phenols is 2. The van der Waals surface area contributed by atoms with Gasteiger partial charge in [-0.25, -0.2) is 0 Å². The highest BCUT2D eigenvalue weighted by Gasteiger charge is 2.13. The first-order valence-corrected chi connectivity index (χ1v) is 8.25. The molecule has 0 amide bonds. The van der Waals surface area contributed by atoms with E-state index in [2.05, 4.69) is 15.2 Å². The number of hydrogen-bond acceptors (Lipinski definition) is 5. The predicted molar refractivity (Wildman–Crippen MR) is 101 cm³/mol. The van der Waals surface area contributed by atoms with E-state index in [-0.39, 0.29) is 29.5 Å². The van der Waals surface area contributed by atoms with E-state index in [1.165, 1.54) is 24.4 Å². The van der Waals surface area contributed by atoms with Crippen molar-refractivity contribution in [3.63, 3.8) is 0 Å². The Morgan fingerprint density at radius 2 is 1.96 bits per heavy atom. The van der Waals surface area contributed by atoms with Crippen LogP contribution < -0.4 is 0 Å². The molecule has 0 aliphatic carbocycles. The molecule has 3 N–H and O–H groups in total. The van der Waals surface area contributed by atoms with Gasteiger partial charge < -0.3 is 10.2 Å². The molecule has 0 spiro atoms. The topological polar surface area (TPSA) is 98.6 Å². The fourth-order valence-electron chi connectivity index (χ4n) is 2.26. The average Bonchev–Trinajstić information content (AvgIpc) is 3.07. The van der Waals surface area contributed by atoms with E-state index in [0.29, 0.717) is 26.9 Å². The number of phenolic OH excluding ortho intramolecular Hbond substituents is 2. The molecular formula is C18H13Cl2N3O3. The van der Waals surface area contributed by atoms with Gasteiger partial charge in [0.25, 0.3) is 0 Å². The molecule has 1 aromatic heterocycles. The van der Waals surface area contributed by atoms with Gasteiger partial charge in [0.05, 0.1) is 10.7 Å². The van der Waals surface area contributed by atoms with Crippen molar-refractivity contribution in [2.45, 2.75) is 0 Å². The van der Waals surface area contributed by atoms with E-state index in [1.54, 1.807) is 24.3 Å². The molecule has 1 heterocycles. The van der Waals surface area contributed by atoms with Crippen molar-refractivity contribution in [3.8, 4) is 22.8 Å². The third kappa shape index (κ3) is 4.04. The highest BCUT2D eigenvalue weighted by atomic mass is 35.5. The van der Waals surface area contributed by atoms with Gasteiger partial charge in [0.2, 0.25) is 5.78 Å². The van der Waals surface area contributed by atoms with Crippen LogP contribution in [0.2, 0.25) is 10.0 Å². The van der Waals surface area contributed by atoms with E-state index < -0.39 is 0 Å². The molecule has 3 rings (SSSR count). The molecule has 2 aromatic carbocycles. The first-order valence-electron chi connectivity index (χ1n) is 7.50. The lowest BCUT2D eigenvalue weighted by Gasteiger charge is -2.00. The maximum Gasteiger partial charge on any atom is 0.201 e. The summed E-state index contributed by atoms with van der Waals surface area (Å²) in [4.78, 5) is 16.2. The first-order chi connectivity index (χ1) is 12.4. The van der Waals surface area contributed by atoms with Crippen molar-refractivity contribution in [1.82, 2.24) is 10.2 Å². The van der Waals surface area contributed by atoms with E-state index >= 15 is 0 Å². The van der Waals surface area contributed by atoms with Gasteiger partial charge in [0.1, 0.15) is 23.7 Å². The average molecular weight is 390 g/mol. The van der Waals surface area contributed by atoms with Crippen LogP contribution in [-0.4, -0.2) is 39.0 Å². The summed E-state index contributed by atoms with van der Waals surface area (Å²) in [5.41, 5.74) is 1.77. The van der Waals surface area contributed by atoms with Gasteiger partial charge >= 0.3 is 0 Å². The molecule has 0 saturated heterocycles. The number of H-pyrrole nitrogens is 1. The molecule has 0 radical (unpaired) electrons. The number of aromatic hydroxyl groups is 2. The van der Waals surface area contributed by atoms with Crippen molar-refractivity contribution in [2.24, 2.45) is 4.99 Å². The zero-order valence-electron chi connectivity index (χ0n) is 13.3. The molecule has 6 nitrogen and oxygen atoms in total. The van der Waals surface area contributed by atoms with E-state index in [1.807, 2.05) is 0 Å². The Hall–Kier alpha value is -2.83. The molecule has 0 fully saturated rings. The van der Waals surface area contributed by atoms with Gasteiger partial charge in [-0.15, -0.1) is 0 Å². The molecule has 3 aromatic rings. The standard InChI is InChI=1S/C18H13Cl2N3O3/c19-11-1-3-13(14(20)6-11)15-7-16(23-22-15)18(26)9-21-8-10-5-12(24)2-4-17(10)25/h1-8,24-25H,9H2,(H,22,23). The Morgan fingerprint density at radius 1 is 1.15 bits per heavy atom. The third-order valence-corrected chi connectivity index (χ3v) is 4.11. The van der Waals surface area contributed by atoms with Crippen molar-refractivity contribution >= 4 is 35.2 Å². The van der Waals surface area contributed by atoms with Crippen LogP contribution in [-0.2, 0) is 0 Å². The van der Waals surface area contributed by atoms with Gasteiger partial charge in [-0.2, -0.15) is 5.10 Å². The summed E-state index contributed by atoms with van der Waals surface area (Å²) in [5, 5.41) is 26.8. The summed E-state index contributed by atoms with van der Waals surface area (Å²) in [6.45, 7) is -0.148. The highest BCUT2D eigenvalue weighted by Crippen LogP contribution is 2.29. The molecule has 132 valence electrons. The number of nitrogens with one attached hydrogen (secondary N) is 1. The number of nitrogens with zero attached hydrogens (tertiary/aromatic N) is 2. The number of halogens is 2. The lowest BCUT2D eigenvalue weighted by atomic mass is 10.1. The minimum atomic E-state index is -0.287. The Bertz CT molecular complexity index is 999. The zero-order chi connectivity index (χ0) is 18.7. The lowest BCUT2D eigenvalue weighted by molar-refractivity contribution is 0.0997. The molecule has 0 unspecified atom stereocenters. The largest absolute Gasteiger partial charge is 0.508 e. The number of benzene rings is 2. The van der Waals surface area contributed by atoms with Gasteiger partial charge in [-0.1, -0.05) is 23.2 Å². The number of hydrogen-bond donors (Lipinski definition) is 3. The quantitative estimate of drug-likeness (QED) is 0.347. The van der Waals surface area contributed by atoms with Crippen LogP contribution in [0.3, 0.4) is 0 Å². The minimum absolute atomic E-state index is 0.00590. The van der Waals surface area contributed by atoms with Crippen LogP contribution in [0.1, 0.15) is 16.1 Å². The SMILES string of the molecule is O=C(CN=Cc1cc(O)ccc1O)c1cc(-c2ccc(Cl)cc2Cl)n[nH]1. The summed E-state index contributed by atoms with van der Waals surface area (Å²) in [7, 11) is 0. The van der Waals surface area contributed by atoms with Gasteiger partial charge in [0.15, 0.2) is 0 Å². The number of carbonyl (C=O) groups is 1. The predicted octanol–water partition coefficient (Wildman–Crippen LogP) is 4.10. The van der Waals surface area contributed by atoms with Gasteiger partial charge in [-0.3, -0.25) is 14.9 Å². The van der Waals surface area contributed by atoms with Crippen molar-refractivity contribution < 1.29 is 15.0 Å². The smallest absolute Gasteiger partial charge is 0.201 e. The second-order valence-electron chi connectivity index (χ2n) is 5.43. The van der Waals surface area contributed by atoms with Gasteiger partial charge in [-0.05, 0) is 42.5 Å². The second kappa shape index (κ2) is 7.59. The third-order valence-electron chi connectivity index (χ3n) is 3.56. The summed E-state index contributed by atoms with van der Waals surface area (Å²) in [5.74, 6) is -0.335. The summed E-state index contributed by atoms with van der Waals surface area (Å²) >= 11 is 12.0. The highest BCUT2D eigenvalue weighted by molar-refractivity contribution is 6.36. The van der Waals surface area contributed by atoms with Gasteiger partial charge in [0, 0.05) is 22.4 Å². The number of Topliss-reactive ketones (excluding diaryl/α,β-unsaturated/α-hetero) is 1. The Balaban J connectivity index is 1.72. The van der Waals surface area contributed by atoms with E-state index in [0.717, 1.165) is 0 Å². The maximum absolute atomic E-state index is 12.2. The van der Waals surface area contributed by atoms with Crippen LogP contribution in [0.4, 0.5) is 0 Å². The van der Waals surface area contributed by atoms with Crippen molar-refractivity contribution in [2.75, 3.05) is 6.54 Å². The maximum atomic E-state index is 12.2. The molecule has 0 bridgehead atoms. The molecule has 0 atom stereocenters. The Kier molecular flexibility index (Phi) is 5.25. The number of ketones is 1. The molecular weight excluding hydrogens is 377 g/mol. The van der Waals surface area contributed by atoms with Crippen molar-refractivity contribution in [3.05, 3.63) is 63.8 Å². The van der Waals surface area contributed by atoms with Crippen LogP contribution in [0.5, 0.6) is 11.5 Å². The van der Waals surface area contributed by atoms with E-state index in [9.17, 15) is 15.0 Å². The number of aromatic nitrogens is 2. The van der Waals surface area contributed by atoms with Crippen LogP contribution in [0.15, 0.2) is 47.5 Å². The van der Waals surface area contributed by atoms with Crippen LogP contribution in [0, 0.1) is 0 Å². The second-order valence-corrected chi connectivity index (χ2v) is 6.27. The fraction of sp³-hybridized carbons (Fsp3) is 0.0556. The molecule has 26 heavy (non-hydrogen) atoms. The Labute approximate surface area is 158 Å². The van der Waals surface area contributed by atoms with Crippen molar-refractivity contribution in [1.29, 1.82) is 0 Å². The summed E-state index contributed by atoms with van der Waals surface area (Å²) < 4.78 is 0. The van der Waals surface area contributed by atoms with Crippen LogP contribution in [0.25, 0.3) is 11.3 Å². The van der Waals surface area contributed by atoms with E-state index in [4.69, 9.17) is 23.2 Å². The minimum Gasteiger partial charge on any atom is -0.508 e. The Morgan fingerprint density at radius 3 is 2.73 bits per heavy atom. The lowest BCUT2D eigenvalue weighted by Crippen LogP contribution is -2.04. The zero-order valence-corrected chi connectivity index (χ0v) is 14.8. The number of rotatable bonds is 5. The number of aliphatic imine (C=N–C) groups is 1. The van der Waals surface area contributed by atoms with Crippen LogP contribution >= 0.6 is 23.2 Å². The summed E-state index contributed by atoms with van der Waals surface area (Å²) in [6, 6.07) is 10.6. The number of carbonyl (C=O) groups excluding carboxylic acids is 1. The molecule has 0 aliphatic rings. The monoisotopic (exact) mass is 389 g/mol. The molecule has 0 saturated carbocycles. The normalized spacial score (nSPS) is 11.2. The summed E-state index contributed by atoms with van der Waals surface area (Å²) in [6.07, 6.45) is 1.32.